The Bertz CT molecular complexity index is 535. The fraction of sp³-hybridized carbons (Fsp3) is 0.357. The van der Waals surface area contributed by atoms with E-state index in [4.69, 9.17) is 4.74 Å². The molecule has 96 valence electrons. The first-order valence-electron chi connectivity index (χ1n) is 6.07. The average Bonchev–Trinajstić information content (AvgIpc) is 2.79. The van der Waals surface area contributed by atoms with Crippen LogP contribution in [0, 0.1) is 0 Å². The zero-order valence-corrected chi connectivity index (χ0v) is 11.4. The molecule has 1 aromatic carbocycles. The van der Waals surface area contributed by atoms with Gasteiger partial charge in [-0.1, -0.05) is 18.2 Å². The van der Waals surface area contributed by atoms with E-state index in [1.807, 2.05) is 26.0 Å². The molecule has 0 radical (unpaired) electrons. The predicted octanol–water partition coefficient (Wildman–Crippen LogP) is 2.94. The fourth-order valence-electron chi connectivity index (χ4n) is 1.78. The summed E-state index contributed by atoms with van der Waals surface area (Å²) < 4.78 is 6.24. The summed E-state index contributed by atoms with van der Waals surface area (Å²) in [5, 5.41) is 6.58. The molecule has 0 amide bonds. The van der Waals surface area contributed by atoms with Crippen molar-refractivity contribution in [2.75, 3.05) is 6.61 Å². The standard InChI is InChI=1S/C14H17NO2S/c1-3-17-14(16)10(2)15-8-11-9-18-13-7-5-4-6-12(11)13/h4-7,9-10,15H,3,8H2,1-2H3. The van der Waals surface area contributed by atoms with E-state index >= 15 is 0 Å². The SMILES string of the molecule is CCOC(=O)C(C)NCc1csc2ccccc12. The summed E-state index contributed by atoms with van der Waals surface area (Å²) in [5.41, 5.74) is 1.23. The van der Waals surface area contributed by atoms with Crippen LogP contribution in [-0.4, -0.2) is 18.6 Å². The van der Waals surface area contributed by atoms with Gasteiger partial charge in [-0.15, -0.1) is 11.3 Å². The normalized spacial score (nSPS) is 12.6. The van der Waals surface area contributed by atoms with Gasteiger partial charge < -0.3 is 10.1 Å². The molecule has 1 atom stereocenters. The van der Waals surface area contributed by atoms with Crippen LogP contribution < -0.4 is 5.32 Å². The third kappa shape index (κ3) is 2.89. The van der Waals surface area contributed by atoms with Crippen LogP contribution in [0.15, 0.2) is 29.6 Å². The smallest absolute Gasteiger partial charge is 0.322 e. The average molecular weight is 263 g/mol. The van der Waals surface area contributed by atoms with Crippen molar-refractivity contribution in [3.05, 3.63) is 35.2 Å². The molecule has 0 aliphatic rings. The molecule has 4 heteroatoms. The number of benzene rings is 1. The van der Waals surface area contributed by atoms with Crippen molar-refractivity contribution in [1.82, 2.24) is 5.32 Å². The lowest BCUT2D eigenvalue weighted by Crippen LogP contribution is -2.34. The number of esters is 1. The van der Waals surface area contributed by atoms with E-state index in [2.05, 4.69) is 22.8 Å². The molecule has 0 saturated carbocycles. The van der Waals surface area contributed by atoms with E-state index in [1.165, 1.54) is 15.6 Å². The van der Waals surface area contributed by atoms with E-state index < -0.39 is 0 Å². The number of rotatable bonds is 5. The maximum Gasteiger partial charge on any atom is 0.322 e. The first kappa shape index (κ1) is 13.1. The lowest BCUT2D eigenvalue weighted by Gasteiger charge is -2.12. The largest absolute Gasteiger partial charge is 0.465 e. The van der Waals surface area contributed by atoms with Gasteiger partial charge in [0.2, 0.25) is 0 Å². The van der Waals surface area contributed by atoms with Crippen LogP contribution in [0.2, 0.25) is 0 Å². The third-order valence-corrected chi connectivity index (χ3v) is 3.81. The van der Waals surface area contributed by atoms with Crippen molar-refractivity contribution in [3.63, 3.8) is 0 Å². The molecule has 3 nitrogen and oxygen atoms in total. The Kier molecular flexibility index (Phi) is 4.33. The molecule has 2 rings (SSSR count). The summed E-state index contributed by atoms with van der Waals surface area (Å²) in [6.45, 7) is 4.75. The molecule has 0 fully saturated rings. The molecule has 0 bridgehead atoms. The van der Waals surface area contributed by atoms with Gasteiger partial charge in [-0.2, -0.15) is 0 Å². The molecule has 1 aromatic heterocycles. The molecule has 18 heavy (non-hydrogen) atoms. The predicted molar refractivity (Wildman–Crippen MR) is 74.8 cm³/mol. The zero-order chi connectivity index (χ0) is 13.0. The van der Waals surface area contributed by atoms with Crippen LogP contribution >= 0.6 is 11.3 Å². The van der Waals surface area contributed by atoms with Gasteiger partial charge in [-0.3, -0.25) is 4.79 Å². The molecule has 0 aliphatic carbocycles. The number of carbonyl (C=O) groups excluding carboxylic acids is 1. The minimum absolute atomic E-state index is 0.197. The number of nitrogens with one attached hydrogen (secondary N) is 1. The lowest BCUT2D eigenvalue weighted by atomic mass is 10.2. The molecular formula is C14H17NO2S. The minimum Gasteiger partial charge on any atom is -0.465 e. The second-order valence-corrected chi connectivity index (χ2v) is 5.02. The quantitative estimate of drug-likeness (QED) is 0.843. The van der Waals surface area contributed by atoms with Gasteiger partial charge in [0.05, 0.1) is 6.61 Å². The van der Waals surface area contributed by atoms with Crippen LogP contribution in [0.25, 0.3) is 10.1 Å². The zero-order valence-electron chi connectivity index (χ0n) is 10.6. The van der Waals surface area contributed by atoms with Gasteiger partial charge >= 0.3 is 5.97 Å². The number of fused-ring (bicyclic) bond motifs is 1. The summed E-state index contributed by atoms with van der Waals surface area (Å²) in [5.74, 6) is -0.197. The highest BCUT2D eigenvalue weighted by molar-refractivity contribution is 7.17. The molecule has 0 aliphatic heterocycles. The Labute approximate surface area is 111 Å². The van der Waals surface area contributed by atoms with E-state index in [0.29, 0.717) is 13.2 Å². The van der Waals surface area contributed by atoms with Crippen molar-refractivity contribution in [2.24, 2.45) is 0 Å². The van der Waals surface area contributed by atoms with Gasteiger partial charge in [-0.05, 0) is 36.2 Å². The van der Waals surface area contributed by atoms with E-state index in [-0.39, 0.29) is 12.0 Å². The Morgan fingerprint density at radius 1 is 1.44 bits per heavy atom. The molecule has 0 spiro atoms. The van der Waals surface area contributed by atoms with E-state index in [1.54, 1.807) is 11.3 Å². The number of carbonyl (C=O) groups is 1. The first-order chi connectivity index (χ1) is 8.72. The fourth-order valence-corrected chi connectivity index (χ4v) is 2.75. The summed E-state index contributed by atoms with van der Waals surface area (Å²) >= 11 is 1.73. The van der Waals surface area contributed by atoms with Crippen LogP contribution in [0.5, 0.6) is 0 Å². The number of thiophene rings is 1. The van der Waals surface area contributed by atoms with E-state index in [9.17, 15) is 4.79 Å². The highest BCUT2D eigenvalue weighted by Crippen LogP contribution is 2.25. The third-order valence-electron chi connectivity index (χ3n) is 2.80. The van der Waals surface area contributed by atoms with Crippen molar-refractivity contribution in [3.8, 4) is 0 Å². The number of hydrogen-bond acceptors (Lipinski definition) is 4. The van der Waals surface area contributed by atoms with Crippen LogP contribution in [0.4, 0.5) is 0 Å². The van der Waals surface area contributed by atoms with Gasteiger partial charge in [0.15, 0.2) is 0 Å². The number of ether oxygens (including phenoxy) is 1. The molecule has 1 heterocycles. The molecule has 1 unspecified atom stereocenters. The number of hydrogen-bond donors (Lipinski definition) is 1. The Hall–Kier alpha value is -1.39. The van der Waals surface area contributed by atoms with Gasteiger partial charge in [0.25, 0.3) is 0 Å². The maximum atomic E-state index is 11.5. The van der Waals surface area contributed by atoms with Crippen LogP contribution in [0.3, 0.4) is 0 Å². The van der Waals surface area contributed by atoms with Gasteiger partial charge in [-0.25, -0.2) is 0 Å². The summed E-state index contributed by atoms with van der Waals surface area (Å²) in [6, 6.07) is 8.02. The summed E-state index contributed by atoms with van der Waals surface area (Å²) in [6.07, 6.45) is 0. The second-order valence-electron chi connectivity index (χ2n) is 4.11. The highest BCUT2D eigenvalue weighted by atomic mass is 32.1. The van der Waals surface area contributed by atoms with Crippen molar-refractivity contribution >= 4 is 27.4 Å². The molecular weight excluding hydrogens is 246 g/mol. The van der Waals surface area contributed by atoms with Crippen molar-refractivity contribution in [1.29, 1.82) is 0 Å². The Morgan fingerprint density at radius 2 is 2.22 bits per heavy atom. The monoisotopic (exact) mass is 263 g/mol. The van der Waals surface area contributed by atoms with Crippen LogP contribution in [-0.2, 0) is 16.1 Å². The minimum atomic E-state index is -0.274. The topological polar surface area (TPSA) is 38.3 Å². The summed E-state index contributed by atoms with van der Waals surface area (Å²) in [4.78, 5) is 11.5. The molecule has 2 aromatic rings. The van der Waals surface area contributed by atoms with Crippen molar-refractivity contribution < 1.29 is 9.53 Å². The highest BCUT2D eigenvalue weighted by Gasteiger charge is 2.13. The van der Waals surface area contributed by atoms with E-state index in [0.717, 1.165) is 0 Å². The van der Waals surface area contributed by atoms with Crippen LogP contribution in [0.1, 0.15) is 19.4 Å². The Morgan fingerprint density at radius 3 is 3.00 bits per heavy atom. The van der Waals surface area contributed by atoms with Crippen molar-refractivity contribution in [2.45, 2.75) is 26.4 Å². The lowest BCUT2D eigenvalue weighted by molar-refractivity contribution is -0.145. The molecule has 1 N–H and O–H groups in total. The Balaban J connectivity index is 2.00. The first-order valence-corrected chi connectivity index (χ1v) is 6.95. The molecule has 0 saturated heterocycles. The summed E-state index contributed by atoms with van der Waals surface area (Å²) in [7, 11) is 0. The van der Waals surface area contributed by atoms with Gasteiger partial charge in [0.1, 0.15) is 6.04 Å². The maximum absolute atomic E-state index is 11.5. The van der Waals surface area contributed by atoms with Gasteiger partial charge in [0, 0.05) is 11.2 Å². The second kappa shape index (κ2) is 5.98.